The number of fused-ring (bicyclic) bond motifs is 5. The standard InChI is InChI=1S/C46H76O2/c1-8-9-10-11-12-13-14-15-16-17-18-19-20-21-22-23-44(47)48-39-30-32-45(6)38(34-39)26-27-40-42-29-28-41(46(42,7)33-31-43(40)45)37(5)25-24-36(4)35(2)3/h9-10,12-13,15-16,26,35-37,39-43H,8,11,14,17-25,27-34H2,1-7H3/b10-9-,13-12-,16-15-/t36-,37-,39+,40+,41-,42+,43+,45+,46-/m1/s1. The zero-order valence-corrected chi connectivity index (χ0v) is 32.6. The predicted octanol–water partition coefficient (Wildman–Crippen LogP) is 13.8. The van der Waals surface area contributed by atoms with E-state index in [9.17, 15) is 4.79 Å². The lowest BCUT2D eigenvalue weighted by Gasteiger charge is -2.58. The highest BCUT2D eigenvalue weighted by Gasteiger charge is 2.59. The van der Waals surface area contributed by atoms with Crippen molar-refractivity contribution in [2.24, 2.45) is 52.3 Å². The third-order valence-corrected chi connectivity index (χ3v) is 14.4. The number of hydrogen-bond acceptors (Lipinski definition) is 2. The highest BCUT2D eigenvalue weighted by atomic mass is 16.5. The Morgan fingerprint density at radius 3 is 2.29 bits per heavy atom. The van der Waals surface area contributed by atoms with Crippen molar-refractivity contribution < 1.29 is 9.53 Å². The lowest BCUT2D eigenvalue weighted by Crippen LogP contribution is -2.51. The van der Waals surface area contributed by atoms with Gasteiger partial charge in [-0.3, -0.25) is 4.79 Å². The summed E-state index contributed by atoms with van der Waals surface area (Å²) >= 11 is 0. The number of esters is 1. The molecule has 0 unspecified atom stereocenters. The van der Waals surface area contributed by atoms with Gasteiger partial charge >= 0.3 is 5.97 Å². The second-order valence-corrected chi connectivity index (χ2v) is 17.7. The molecular formula is C46H76O2. The van der Waals surface area contributed by atoms with Crippen molar-refractivity contribution in [3.63, 3.8) is 0 Å². The van der Waals surface area contributed by atoms with Crippen molar-refractivity contribution >= 4 is 5.97 Å². The molecule has 0 N–H and O–H groups in total. The fourth-order valence-electron chi connectivity index (χ4n) is 10.9. The maximum Gasteiger partial charge on any atom is 0.306 e. The van der Waals surface area contributed by atoms with E-state index in [0.717, 1.165) is 86.4 Å². The minimum atomic E-state index is 0.0430. The van der Waals surface area contributed by atoms with Gasteiger partial charge in [0.25, 0.3) is 0 Å². The van der Waals surface area contributed by atoms with Crippen LogP contribution in [-0.4, -0.2) is 12.1 Å². The Kier molecular flexibility index (Phi) is 15.6. The molecule has 0 bridgehead atoms. The third kappa shape index (κ3) is 10.2. The Hall–Kier alpha value is -1.57. The molecule has 272 valence electrons. The minimum Gasteiger partial charge on any atom is -0.462 e. The number of ether oxygens (including phenoxy) is 1. The maximum atomic E-state index is 12.8. The first-order valence-corrected chi connectivity index (χ1v) is 20.9. The van der Waals surface area contributed by atoms with Gasteiger partial charge in [-0.1, -0.05) is 129 Å². The fraction of sp³-hybridized carbons (Fsp3) is 0.804. The summed E-state index contributed by atoms with van der Waals surface area (Å²) in [6.45, 7) is 17.3. The lowest BCUT2D eigenvalue weighted by molar-refractivity contribution is -0.151. The molecule has 0 spiro atoms. The van der Waals surface area contributed by atoms with E-state index >= 15 is 0 Å². The van der Waals surface area contributed by atoms with Crippen molar-refractivity contribution in [3.8, 4) is 0 Å². The molecule has 48 heavy (non-hydrogen) atoms. The third-order valence-electron chi connectivity index (χ3n) is 14.4. The molecule has 9 atom stereocenters. The SMILES string of the molecule is CC/C=C\C/C=C\C/C=C\CCCCCCCC(=O)O[C@H]1CC[C@@]2(C)C(=CC[C@H]3[C@@H]4CC[C@H]([C@H](C)CC[C@@H](C)C(C)C)[C@@]4(C)CC[C@@H]32)C1. The molecule has 0 radical (unpaired) electrons. The lowest BCUT2D eigenvalue weighted by atomic mass is 9.47. The van der Waals surface area contributed by atoms with Crippen LogP contribution in [-0.2, 0) is 9.53 Å². The van der Waals surface area contributed by atoms with Crippen LogP contribution < -0.4 is 0 Å². The van der Waals surface area contributed by atoms with Crippen LogP contribution >= 0.6 is 0 Å². The van der Waals surface area contributed by atoms with E-state index in [1.54, 1.807) is 5.57 Å². The van der Waals surface area contributed by atoms with Crippen LogP contribution in [0.15, 0.2) is 48.1 Å². The smallest absolute Gasteiger partial charge is 0.306 e. The molecule has 0 amide bonds. The summed E-state index contributed by atoms with van der Waals surface area (Å²) in [5.41, 5.74) is 2.49. The normalized spacial score (nSPS) is 33.2. The summed E-state index contributed by atoms with van der Waals surface area (Å²) in [4.78, 5) is 12.8. The van der Waals surface area contributed by atoms with Gasteiger partial charge in [-0.15, -0.1) is 0 Å². The van der Waals surface area contributed by atoms with Gasteiger partial charge in [-0.25, -0.2) is 0 Å². The largest absolute Gasteiger partial charge is 0.462 e. The van der Waals surface area contributed by atoms with Crippen LogP contribution in [0.2, 0.25) is 0 Å². The molecule has 0 aromatic carbocycles. The van der Waals surface area contributed by atoms with Crippen LogP contribution in [0, 0.1) is 52.3 Å². The number of unbranched alkanes of at least 4 members (excludes halogenated alkanes) is 5. The Balaban J connectivity index is 1.14. The van der Waals surface area contributed by atoms with Crippen molar-refractivity contribution in [1.82, 2.24) is 0 Å². The number of allylic oxidation sites excluding steroid dienone is 7. The average molecular weight is 661 g/mol. The van der Waals surface area contributed by atoms with Gasteiger partial charge in [-0.2, -0.15) is 0 Å². The van der Waals surface area contributed by atoms with Crippen LogP contribution in [0.5, 0.6) is 0 Å². The monoisotopic (exact) mass is 661 g/mol. The van der Waals surface area contributed by atoms with Gasteiger partial charge in [0.15, 0.2) is 0 Å². The zero-order chi connectivity index (χ0) is 34.6. The number of rotatable bonds is 19. The van der Waals surface area contributed by atoms with Crippen LogP contribution in [0.1, 0.15) is 177 Å². The molecule has 3 fully saturated rings. The van der Waals surface area contributed by atoms with Gasteiger partial charge < -0.3 is 4.74 Å². The number of carbonyl (C=O) groups is 1. The maximum absolute atomic E-state index is 12.8. The summed E-state index contributed by atoms with van der Waals surface area (Å²) in [5.74, 6) is 6.04. The highest BCUT2D eigenvalue weighted by Crippen LogP contribution is 2.67. The van der Waals surface area contributed by atoms with Crippen LogP contribution in [0.4, 0.5) is 0 Å². The first-order valence-electron chi connectivity index (χ1n) is 20.9. The summed E-state index contributed by atoms with van der Waals surface area (Å²) < 4.78 is 6.12. The summed E-state index contributed by atoms with van der Waals surface area (Å²) in [5, 5.41) is 0. The molecule has 2 nitrogen and oxygen atoms in total. The van der Waals surface area contributed by atoms with E-state index < -0.39 is 0 Å². The van der Waals surface area contributed by atoms with Gasteiger partial charge in [0.2, 0.25) is 0 Å². The Morgan fingerprint density at radius 2 is 1.54 bits per heavy atom. The topological polar surface area (TPSA) is 26.3 Å². The van der Waals surface area contributed by atoms with E-state index in [0.29, 0.717) is 17.3 Å². The van der Waals surface area contributed by atoms with Crippen molar-refractivity contribution in [3.05, 3.63) is 48.1 Å². The minimum absolute atomic E-state index is 0.0430. The second kappa shape index (κ2) is 19.2. The van der Waals surface area contributed by atoms with E-state index in [1.165, 1.54) is 77.0 Å². The van der Waals surface area contributed by atoms with Gasteiger partial charge in [0, 0.05) is 12.8 Å². The summed E-state index contributed by atoms with van der Waals surface area (Å²) in [6, 6.07) is 0. The molecule has 4 aliphatic rings. The van der Waals surface area contributed by atoms with Crippen molar-refractivity contribution in [1.29, 1.82) is 0 Å². The van der Waals surface area contributed by atoms with Gasteiger partial charge in [-0.05, 0) is 136 Å². The first kappa shape index (κ1) is 39.2. The Labute approximate surface area is 298 Å². The Bertz CT molecular complexity index is 1090. The van der Waals surface area contributed by atoms with Crippen molar-refractivity contribution in [2.45, 2.75) is 183 Å². The summed E-state index contributed by atoms with van der Waals surface area (Å²) in [7, 11) is 0. The molecule has 0 aliphatic heterocycles. The predicted molar refractivity (Wildman–Crippen MR) is 207 cm³/mol. The quantitative estimate of drug-likeness (QED) is 0.0783. The van der Waals surface area contributed by atoms with Gasteiger partial charge in [0.1, 0.15) is 6.10 Å². The molecule has 0 heterocycles. The molecule has 0 aromatic rings. The molecular weight excluding hydrogens is 585 g/mol. The first-order chi connectivity index (χ1) is 23.1. The van der Waals surface area contributed by atoms with Crippen LogP contribution in [0.25, 0.3) is 0 Å². The van der Waals surface area contributed by atoms with Gasteiger partial charge in [0.05, 0.1) is 0 Å². The molecule has 0 aromatic heterocycles. The average Bonchev–Trinajstić information content (AvgIpc) is 3.42. The molecule has 4 aliphatic carbocycles. The molecule has 4 rings (SSSR count). The van der Waals surface area contributed by atoms with E-state index in [2.05, 4.69) is 91.0 Å². The molecule has 3 saturated carbocycles. The van der Waals surface area contributed by atoms with E-state index in [-0.39, 0.29) is 12.1 Å². The number of carbonyl (C=O) groups excluding carboxylic acids is 1. The highest BCUT2D eigenvalue weighted by molar-refractivity contribution is 5.69. The fourth-order valence-corrected chi connectivity index (χ4v) is 10.9. The Morgan fingerprint density at radius 1 is 0.833 bits per heavy atom. The molecule has 0 saturated heterocycles. The molecule has 2 heteroatoms. The summed E-state index contributed by atoms with van der Waals surface area (Å²) in [6.07, 6.45) is 40.2. The van der Waals surface area contributed by atoms with Crippen molar-refractivity contribution in [2.75, 3.05) is 0 Å². The zero-order valence-electron chi connectivity index (χ0n) is 32.6. The van der Waals surface area contributed by atoms with E-state index in [1.807, 2.05) is 0 Å². The van der Waals surface area contributed by atoms with Crippen LogP contribution in [0.3, 0.4) is 0 Å². The van der Waals surface area contributed by atoms with E-state index in [4.69, 9.17) is 4.74 Å². The number of hydrogen-bond donors (Lipinski definition) is 0. The second-order valence-electron chi connectivity index (χ2n) is 17.7.